The molecule has 43 heavy (non-hydrogen) atoms. The zero-order valence-corrected chi connectivity index (χ0v) is 25.2. The maximum atomic E-state index is 14.3. The summed E-state index contributed by atoms with van der Waals surface area (Å²) in [5.41, 5.74) is 2.16. The van der Waals surface area contributed by atoms with Crippen LogP contribution in [0.1, 0.15) is 41.2 Å². The number of aliphatic hydroxyl groups is 1. The normalized spacial score (nSPS) is 17.7. The second kappa shape index (κ2) is 14.6. The third-order valence-corrected chi connectivity index (χ3v) is 7.92. The van der Waals surface area contributed by atoms with Gasteiger partial charge in [0.05, 0.1) is 6.61 Å². The van der Waals surface area contributed by atoms with Gasteiger partial charge in [-0.25, -0.2) is 4.99 Å². The van der Waals surface area contributed by atoms with Gasteiger partial charge in [0.25, 0.3) is 5.91 Å². The van der Waals surface area contributed by atoms with E-state index in [4.69, 9.17) is 42.8 Å². The number of halogens is 2. The number of nitrogens with one attached hydrogen (secondary N) is 1. The van der Waals surface area contributed by atoms with E-state index in [1.807, 2.05) is 72.8 Å². The number of rotatable bonds is 13. The highest BCUT2D eigenvalue weighted by Crippen LogP contribution is 2.45. The van der Waals surface area contributed by atoms with Gasteiger partial charge in [-0.1, -0.05) is 89.9 Å². The minimum atomic E-state index is -1.34. The Labute approximate surface area is 262 Å². The highest BCUT2D eigenvalue weighted by atomic mass is 35.5. The third-order valence-electron chi connectivity index (χ3n) is 7.36. The summed E-state index contributed by atoms with van der Waals surface area (Å²) in [5.74, 6) is 0.771. The molecule has 1 aliphatic heterocycles. The molecule has 0 aliphatic carbocycles. The summed E-state index contributed by atoms with van der Waals surface area (Å²) in [7, 11) is 0. The van der Waals surface area contributed by atoms with Gasteiger partial charge in [-0.2, -0.15) is 0 Å². The van der Waals surface area contributed by atoms with E-state index in [9.17, 15) is 4.79 Å². The molecule has 222 valence electrons. The molecule has 0 spiro atoms. The number of amides is 1. The van der Waals surface area contributed by atoms with Crippen LogP contribution in [0.2, 0.25) is 10.0 Å². The smallest absolute Gasteiger partial charge is 0.252 e. The molecule has 0 aromatic heterocycles. The molecule has 0 bridgehead atoms. The fraction of sp³-hybridized carbons (Fsp3) is 0.257. The summed E-state index contributed by atoms with van der Waals surface area (Å²) in [4.78, 5) is 19.4. The number of benzene rings is 4. The van der Waals surface area contributed by atoms with E-state index in [1.54, 1.807) is 18.2 Å². The van der Waals surface area contributed by atoms with E-state index in [1.165, 1.54) is 5.56 Å². The lowest BCUT2D eigenvalue weighted by Gasteiger charge is -2.31. The largest absolute Gasteiger partial charge is 0.494 e. The highest BCUT2D eigenvalue weighted by Gasteiger charge is 2.53. The Kier molecular flexibility index (Phi) is 10.4. The minimum Gasteiger partial charge on any atom is -0.494 e. The first-order chi connectivity index (χ1) is 21.0. The highest BCUT2D eigenvalue weighted by molar-refractivity contribution is 6.35. The van der Waals surface area contributed by atoms with Crippen molar-refractivity contribution in [1.82, 2.24) is 5.32 Å². The SMILES string of the molecule is O=C(NCCCc1ccccc1)[C@]1(Cc2ccccc2)N=C(c2ccc(OCCCO)cc2)O[C@@H]1c1ccc(Cl)cc1Cl. The van der Waals surface area contributed by atoms with Gasteiger partial charge in [-0.15, -0.1) is 0 Å². The first kappa shape index (κ1) is 30.6. The van der Waals surface area contributed by atoms with Gasteiger partial charge in [0.15, 0.2) is 11.6 Å². The van der Waals surface area contributed by atoms with Gasteiger partial charge in [-0.3, -0.25) is 4.79 Å². The van der Waals surface area contributed by atoms with Crippen molar-refractivity contribution in [2.45, 2.75) is 37.3 Å². The van der Waals surface area contributed by atoms with Crippen LogP contribution in [0.3, 0.4) is 0 Å². The van der Waals surface area contributed by atoms with Crippen molar-refractivity contribution in [1.29, 1.82) is 0 Å². The van der Waals surface area contributed by atoms with Crippen LogP contribution < -0.4 is 10.1 Å². The molecule has 6 nitrogen and oxygen atoms in total. The zero-order chi connectivity index (χ0) is 30.1. The predicted molar refractivity (Wildman–Crippen MR) is 171 cm³/mol. The molecule has 4 aromatic carbocycles. The Morgan fingerprint density at radius 3 is 2.28 bits per heavy atom. The van der Waals surface area contributed by atoms with Gasteiger partial charge < -0.3 is 19.9 Å². The molecule has 1 heterocycles. The standard InChI is InChI=1S/C35H34Cl2N2O4/c36-28-16-19-30(31(37)23-28)32-35(24-26-11-5-2-6-12-26,34(41)38-20-7-13-25-9-3-1-4-10-25)39-33(43-32)27-14-17-29(18-15-27)42-22-8-21-40/h1-6,9-12,14-19,23,32,40H,7-8,13,20-22,24H2,(H,38,41)/t32-,35-/m1/s1. The van der Waals surface area contributed by atoms with Gasteiger partial charge in [-0.05, 0) is 60.4 Å². The lowest BCUT2D eigenvalue weighted by molar-refractivity contribution is -0.128. The predicted octanol–water partition coefficient (Wildman–Crippen LogP) is 7.00. The van der Waals surface area contributed by atoms with E-state index in [0.29, 0.717) is 58.8 Å². The number of nitrogens with zero attached hydrogens (tertiary/aromatic N) is 1. The van der Waals surface area contributed by atoms with Crippen molar-refractivity contribution in [2.75, 3.05) is 19.8 Å². The fourth-order valence-corrected chi connectivity index (χ4v) is 5.68. The topological polar surface area (TPSA) is 80.2 Å². The zero-order valence-electron chi connectivity index (χ0n) is 23.7. The summed E-state index contributed by atoms with van der Waals surface area (Å²) in [6.45, 7) is 0.959. The van der Waals surface area contributed by atoms with Crippen molar-refractivity contribution in [3.05, 3.63) is 135 Å². The first-order valence-electron chi connectivity index (χ1n) is 14.4. The monoisotopic (exact) mass is 616 g/mol. The summed E-state index contributed by atoms with van der Waals surface area (Å²) in [6.07, 6.45) is 1.66. The maximum Gasteiger partial charge on any atom is 0.252 e. The summed E-state index contributed by atoms with van der Waals surface area (Å²) in [5, 5.41) is 13.1. The minimum absolute atomic E-state index is 0.0647. The number of aryl methyl sites for hydroxylation is 1. The Hall–Kier alpha value is -3.84. The van der Waals surface area contributed by atoms with Crippen molar-refractivity contribution in [3.63, 3.8) is 0 Å². The Balaban J connectivity index is 1.49. The van der Waals surface area contributed by atoms with E-state index in [2.05, 4.69) is 17.4 Å². The molecule has 5 rings (SSSR count). The number of carbonyl (C=O) groups excluding carboxylic acids is 1. The van der Waals surface area contributed by atoms with Crippen LogP contribution in [0.5, 0.6) is 5.75 Å². The van der Waals surface area contributed by atoms with Crippen LogP contribution in [-0.4, -0.2) is 42.2 Å². The fourth-order valence-electron chi connectivity index (χ4n) is 5.17. The molecule has 0 saturated heterocycles. The summed E-state index contributed by atoms with van der Waals surface area (Å²) in [6, 6.07) is 32.5. The number of hydrogen-bond acceptors (Lipinski definition) is 5. The van der Waals surface area contributed by atoms with Crippen LogP contribution in [0, 0.1) is 0 Å². The molecule has 8 heteroatoms. The van der Waals surface area contributed by atoms with Gasteiger partial charge in [0.1, 0.15) is 5.75 Å². The van der Waals surface area contributed by atoms with E-state index in [-0.39, 0.29) is 12.5 Å². The van der Waals surface area contributed by atoms with Gasteiger partial charge in [0, 0.05) is 47.2 Å². The van der Waals surface area contributed by atoms with Crippen molar-refractivity contribution in [2.24, 2.45) is 4.99 Å². The van der Waals surface area contributed by atoms with Gasteiger partial charge in [0.2, 0.25) is 5.90 Å². The molecule has 0 unspecified atom stereocenters. The average Bonchev–Trinajstić information content (AvgIpc) is 3.40. The van der Waals surface area contributed by atoms with Crippen LogP contribution >= 0.6 is 23.2 Å². The van der Waals surface area contributed by atoms with Crippen LogP contribution in [0.25, 0.3) is 0 Å². The van der Waals surface area contributed by atoms with E-state index in [0.717, 1.165) is 18.4 Å². The molecule has 2 atom stereocenters. The Morgan fingerprint density at radius 2 is 1.60 bits per heavy atom. The maximum absolute atomic E-state index is 14.3. The second-order valence-corrected chi connectivity index (χ2v) is 11.3. The van der Waals surface area contributed by atoms with Crippen molar-refractivity contribution in [3.8, 4) is 5.75 Å². The summed E-state index contributed by atoms with van der Waals surface area (Å²) < 4.78 is 12.3. The molecule has 4 aromatic rings. The number of hydrogen-bond donors (Lipinski definition) is 2. The van der Waals surface area contributed by atoms with Crippen LogP contribution in [-0.2, 0) is 22.4 Å². The van der Waals surface area contributed by atoms with Crippen LogP contribution in [0.4, 0.5) is 0 Å². The quantitative estimate of drug-likeness (QED) is 0.158. The molecular weight excluding hydrogens is 583 g/mol. The first-order valence-corrected chi connectivity index (χ1v) is 15.2. The number of aliphatic hydroxyl groups excluding tert-OH is 1. The Morgan fingerprint density at radius 1 is 0.907 bits per heavy atom. The van der Waals surface area contributed by atoms with Gasteiger partial charge >= 0.3 is 0 Å². The third kappa shape index (κ3) is 7.57. The lowest BCUT2D eigenvalue weighted by atomic mass is 9.82. The molecule has 0 saturated carbocycles. The van der Waals surface area contributed by atoms with Crippen molar-refractivity contribution < 1.29 is 19.4 Å². The lowest BCUT2D eigenvalue weighted by Crippen LogP contribution is -2.50. The molecule has 1 amide bonds. The van der Waals surface area contributed by atoms with E-state index >= 15 is 0 Å². The van der Waals surface area contributed by atoms with Crippen molar-refractivity contribution >= 4 is 35.0 Å². The number of ether oxygens (including phenoxy) is 2. The second-order valence-electron chi connectivity index (χ2n) is 10.5. The van der Waals surface area contributed by atoms with Crippen LogP contribution in [0.15, 0.2) is 108 Å². The molecule has 0 radical (unpaired) electrons. The Bertz CT molecular complexity index is 1530. The average molecular weight is 618 g/mol. The van der Waals surface area contributed by atoms with E-state index < -0.39 is 11.6 Å². The molecular formula is C35H34Cl2N2O4. The number of aliphatic imine (C=N–C) groups is 1. The summed E-state index contributed by atoms with van der Waals surface area (Å²) >= 11 is 13.0. The molecule has 0 fully saturated rings. The molecule has 1 aliphatic rings. The molecule has 2 N–H and O–H groups in total. The number of carbonyl (C=O) groups is 1.